The van der Waals surface area contributed by atoms with Gasteiger partial charge in [0.15, 0.2) is 0 Å². The molecule has 3 aromatic rings. The molecule has 0 radical (unpaired) electrons. The number of halogens is 1. The molecule has 3 aromatic carbocycles. The summed E-state index contributed by atoms with van der Waals surface area (Å²) in [5.74, 6) is -1.41. The van der Waals surface area contributed by atoms with Gasteiger partial charge in [-0.05, 0) is 47.4 Å². The van der Waals surface area contributed by atoms with Gasteiger partial charge in [-0.2, -0.15) is 0 Å². The summed E-state index contributed by atoms with van der Waals surface area (Å²) in [4.78, 5) is 22.8. The predicted octanol–water partition coefficient (Wildman–Crippen LogP) is 4.30. The third kappa shape index (κ3) is 6.92. The number of aliphatic hydroxyl groups is 1. The smallest absolute Gasteiger partial charge is 0.337 e. The number of aromatic carboxylic acids is 1. The Balaban J connectivity index is 0.00000363. The van der Waals surface area contributed by atoms with E-state index in [4.69, 9.17) is 0 Å². The maximum Gasteiger partial charge on any atom is 0.337 e. The number of carbonyl (C=O) groups excluding carboxylic acids is 1. The van der Waals surface area contributed by atoms with E-state index in [9.17, 15) is 19.8 Å². The van der Waals surface area contributed by atoms with Gasteiger partial charge < -0.3 is 20.8 Å². The van der Waals surface area contributed by atoms with Crippen LogP contribution < -0.4 is 10.6 Å². The van der Waals surface area contributed by atoms with Crippen molar-refractivity contribution in [3.63, 3.8) is 0 Å². The van der Waals surface area contributed by atoms with E-state index in [1.165, 1.54) is 13.0 Å². The van der Waals surface area contributed by atoms with E-state index in [-0.39, 0.29) is 29.6 Å². The molecule has 7 heteroatoms. The Bertz CT molecular complexity index is 1040. The number of benzene rings is 3. The summed E-state index contributed by atoms with van der Waals surface area (Å²) in [6.07, 6.45) is 0.284. The molecule has 0 bridgehead atoms. The molecule has 0 aliphatic heterocycles. The lowest BCUT2D eigenvalue weighted by molar-refractivity contribution is -0.114. The fourth-order valence-electron chi connectivity index (χ4n) is 3.33. The predicted molar refractivity (Wildman–Crippen MR) is 128 cm³/mol. The van der Waals surface area contributed by atoms with Crippen molar-refractivity contribution in [3.8, 4) is 11.1 Å². The summed E-state index contributed by atoms with van der Waals surface area (Å²) in [6.45, 7) is 2.58. The average molecular weight is 455 g/mol. The van der Waals surface area contributed by atoms with Gasteiger partial charge in [-0.15, -0.1) is 12.4 Å². The first-order chi connectivity index (χ1) is 14.9. The Labute approximate surface area is 193 Å². The molecular weight excluding hydrogens is 428 g/mol. The standard InChI is InChI=1S/C25H26N2O4.ClH/c1-17(28)27-23-15-21(11-12-22(23)25(30)31)19-9-7-18(8-10-19)13-14-26-16-24(29)20-5-3-2-4-6-20;/h2-12,15,24,26,29H,13-14,16H2,1H3,(H,27,28)(H,30,31);1H/t24-;/m0./s1. The average Bonchev–Trinajstić information content (AvgIpc) is 2.77. The van der Waals surface area contributed by atoms with Crippen LogP contribution in [0.5, 0.6) is 0 Å². The van der Waals surface area contributed by atoms with Crippen molar-refractivity contribution in [2.75, 3.05) is 18.4 Å². The number of carboxylic acid groups (broad SMARTS) is 1. The lowest BCUT2D eigenvalue weighted by Gasteiger charge is -2.12. The number of anilines is 1. The van der Waals surface area contributed by atoms with Gasteiger partial charge in [0, 0.05) is 13.5 Å². The molecule has 3 rings (SSSR count). The van der Waals surface area contributed by atoms with Crippen LogP contribution in [-0.4, -0.2) is 35.2 Å². The van der Waals surface area contributed by atoms with Crippen molar-refractivity contribution in [1.82, 2.24) is 5.32 Å². The van der Waals surface area contributed by atoms with Crippen molar-refractivity contribution in [2.24, 2.45) is 0 Å². The second-order valence-corrected chi connectivity index (χ2v) is 7.32. The molecule has 0 aliphatic carbocycles. The molecule has 32 heavy (non-hydrogen) atoms. The summed E-state index contributed by atoms with van der Waals surface area (Å²) < 4.78 is 0. The van der Waals surface area contributed by atoms with E-state index >= 15 is 0 Å². The van der Waals surface area contributed by atoms with Crippen molar-refractivity contribution in [3.05, 3.63) is 89.5 Å². The highest BCUT2D eigenvalue weighted by Crippen LogP contribution is 2.26. The van der Waals surface area contributed by atoms with Crippen LogP contribution in [0.3, 0.4) is 0 Å². The molecular formula is C25H27ClN2O4. The molecule has 0 saturated heterocycles. The van der Waals surface area contributed by atoms with E-state index < -0.39 is 12.1 Å². The fourth-order valence-corrected chi connectivity index (χ4v) is 3.33. The van der Waals surface area contributed by atoms with E-state index in [1.54, 1.807) is 12.1 Å². The van der Waals surface area contributed by atoms with Crippen molar-refractivity contribution >= 4 is 30.0 Å². The number of amides is 1. The van der Waals surface area contributed by atoms with Crippen LogP contribution in [0.25, 0.3) is 11.1 Å². The van der Waals surface area contributed by atoms with E-state index in [0.29, 0.717) is 6.54 Å². The minimum atomic E-state index is -1.09. The Morgan fingerprint density at radius 3 is 2.22 bits per heavy atom. The third-order valence-electron chi connectivity index (χ3n) is 4.96. The number of nitrogens with one attached hydrogen (secondary N) is 2. The molecule has 0 spiro atoms. The second-order valence-electron chi connectivity index (χ2n) is 7.32. The van der Waals surface area contributed by atoms with Crippen molar-refractivity contribution < 1.29 is 19.8 Å². The van der Waals surface area contributed by atoms with Crippen molar-refractivity contribution in [2.45, 2.75) is 19.4 Å². The highest BCUT2D eigenvalue weighted by atomic mass is 35.5. The SMILES string of the molecule is CC(=O)Nc1cc(-c2ccc(CCNC[C@H](O)c3ccccc3)cc2)ccc1C(=O)O.Cl. The number of rotatable bonds is 9. The zero-order chi connectivity index (χ0) is 22.2. The summed E-state index contributed by atoms with van der Waals surface area (Å²) in [5, 5.41) is 25.3. The first-order valence-corrected chi connectivity index (χ1v) is 10.1. The Morgan fingerprint density at radius 1 is 0.938 bits per heavy atom. The van der Waals surface area contributed by atoms with Crippen LogP contribution in [-0.2, 0) is 11.2 Å². The quantitative estimate of drug-likeness (QED) is 0.361. The van der Waals surface area contributed by atoms with Gasteiger partial charge in [-0.25, -0.2) is 4.79 Å². The van der Waals surface area contributed by atoms with Gasteiger partial charge in [0.05, 0.1) is 17.4 Å². The van der Waals surface area contributed by atoms with Crippen LogP contribution >= 0.6 is 12.4 Å². The molecule has 4 N–H and O–H groups in total. The zero-order valence-corrected chi connectivity index (χ0v) is 18.6. The Hall–Kier alpha value is -3.19. The molecule has 168 valence electrons. The summed E-state index contributed by atoms with van der Waals surface area (Å²) >= 11 is 0. The summed E-state index contributed by atoms with van der Waals surface area (Å²) in [5.41, 5.74) is 4.13. The monoisotopic (exact) mass is 454 g/mol. The van der Waals surface area contributed by atoms with Crippen LogP contribution in [0.4, 0.5) is 5.69 Å². The molecule has 0 saturated carbocycles. The minimum Gasteiger partial charge on any atom is -0.478 e. The van der Waals surface area contributed by atoms with Gasteiger partial charge in [0.25, 0.3) is 0 Å². The lowest BCUT2D eigenvalue weighted by Crippen LogP contribution is -2.23. The second kappa shape index (κ2) is 12.0. The summed E-state index contributed by atoms with van der Waals surface area (Å²) in [6, 6.07) is 22.5. The minimum absolute atomic E-state index is 0. The van der Waals surface area contributed by atoms with Gasteiger partial charge in [0.1, 0.15) is 0 Å². The maximum atomic E-state index is 11.4. The third-order valence-corrected chi connectivity index (χ3v) is 4.96. The van der Waals surface area contributed by atoms with E-state index in [1.807, 2.05) is 54.6 Å². The first-order valence-electron chi connectivity index (χ1n) is 10.1. The number of hydrogen-bond acceptors (Lipinski definition) is 4. The van der Waals surface area contributed by atoms with Crippen LogP contribution in [0, 0.1) is 0 Å². The van der Waals surface area contributed by atoms with Crippen LogP contribution in [0.15, 0.2) is 72.8 Å². The molecule has 1 atom stereocenters. The van der Waals surface area contributed by atoms with Gasteiger partial charge in [-0.3, -0.25) is 4.79 Å². The van der Waals surface area contributed by atoms with Crippen LogP contribution in [0.2, 0.25) is 0 Å². The molecule has 0 aromatic heterocycles. The highest BCUT2D eigenvalue weighted by molar-refractivity contribution is 6.00. The topological polar surface area (TPSA) is 98.7 Å². The number of carbonyl (C=O) groups is 2. The van der Waals surface area contributed by atoms with E-state index in [2.05, 4.69) is 10.6 Å². The Kier molecular flexibility index (Phi) is 9.40. The zero-order valence-electron chi connectivity index (χ0n) is 17.7. The van der Waals surface area contributed by atoms with E-state index in [0.717, 1.165) is 35.2 Å². The van der Waals surface area contributed by atoms with Crippen molar-refractivity contribution in [1.29, 1.82) is 0 Å². The number of aliphatic hydroxyl groups excluding tert-OH is 1. The summed E-state index contributed by atoms with van der Waals surface area (Å²) in [7, 11) is 0. The molecule has 0 aliphatic rings. The highest BCUT2D eigenvalue weighted by Gasteiger charge is 2.12. The van der Waals surface area contributed by atoms with Gasteiger partial charge >= 0.3 is 5.97 Å². The van der Waals surface area contributed by atoms with Gasteiger partial charge in [-0.1, -0.05) is 60.7 Å². The molecule has 6 nitrogen and oxygen atoms in total. The molecule has 0 fully saturated rings. The molecule has 0 unspecified atom stereocenters. The van der Waals surface area contributed by atoms with Crippen LogP contribution in [0.1, 0.15) is 34.5 Å². The first kappa shape index (κ1) is 25.1. The number of carboxylic acids is 1. The normalized spacial score (nSPS) is 11.3. The molecule has 1 amide bonds. The fraction of sp³-hybridized carbons (Fsp3) is 0.200. The maximum absolute atomic E-state index is 11.4. The molecule has 0 heterocycles. The Morgan fingerprint density at radius 2 is 1.59 bits per heavy atom. The number of hydrogen-bond donors (Lipinski definition) is 4. The largest absolute Gasteiger partial charge is 0.478 e. The lowest BCUT2D eigenvalue weighted by atomic mass is 10.00. The van der Waals surface area contributed by atoms with Gasteiger partial charge in [0.2, 0.25) is 5.91 Å².